The highest BCUT2D eigenvalue weighted by Crippen LogP contribution is 2.09. The van der Waals surface area contributed by atoms with Crippen molar-refractivity contribution in [3.8, 4) is 0 Å². The molecule has 0 aliphatic carbocycles. The van der Waals surface area contributed by atoms with Gasteiger partial charge in [0.2, 0.25) is 0 Å². The molecule has 3 heterocycles. The molecular weight excluding hydrogens is 606 g/mol. The molecule has 0 bridgehead atoms. The van der Waals surface area contributed by atoms with Crippen LogP contribution in [-0.2, 0) is 0 Å². The standard InChI is InChI=1S/3C9H7N.3BrH/c3*1-2-6-9-8(4-1)5-3-7-10-9;;;/h3*1-7H;3*1H. The third kappa shape index (κ3) is 8.31. The predicted molar refractivity (Wildman–Crippen MR) is 156 cm³/mol. The van der Waals surface area contributed by atoms with Crippen LogP contribution in [0.4, 0.5) is 0 Å². The third-order valence-corrected chi connectivity index (χ3v) is 4.54. The number of nitrogens with zero attached hydrogens (tertiary/aromatic N) is 3. The van der Waals surface area contributed by atoms with Crippen molar-refractivity contribution in [1.29, 1.82) is 0 Å². The second-order valence-corrected chi connectivity index (χ2v) is 6.59. The summed E-state index contributed by atoms with van der Waals surface area (Å²) in [4.78, 5) is 12.5. The molecule has 6 heteroatoms. The number of pyridine rings is 3. The van der Waals surface area contributed by atoms with Gasteiger partial charge in [0, 0.05) is 34.7 Å². The van der Waals surface area contributed by atoms with Gasteiger partial charge in [-0.25, -0.2) is 0 Å². The van der Waals surface area contributed by atoms with Gasteiger partial charge >= 0.3 is 0 Å². The fourth-order valence-corrected chi connectivity index (χ4v) is 3.05. The molecule has 0 fully saturated rings. The molecule has 3 aromatic carbocycles. The number of benzene rings is 3. The molecule has 0 aliphatic heterocycles. The van der Waals surface area contributed by atoms with Crippen LogP contribution in [-0.4, -0.2) is 15.0 Å². The summed E-state index contributed by atoms with van der Waals surface area (Å²) in [5.41, 5.74) is 3.18. The van der Waals surface area contributed by atoms with E-state index in [4.69, 9.17) is 0 Å². The molecule has 3 nitrogen and oxygen atoms in total. The van der Waals surface area contributed by atoms with Crippen LogP contribution in [0.5, 0.6) is 0 Å². The monoisotopic (exact) mass is 627 g/mol. The molecule has 168 valence electrons. The van der Waals surface area contributed by atoms with Crippen molar-refractivity contribution in [3.05, 3.63) is 128 Å². The lowest BCUT2D eigenvalue weighted by atomic mass is 10.2. The van der Waals surface area contributed by atoms with Crippen LogP contribution < -0.4 is 0 Å². The molecule has 0 atom stereocenters. The first-order valence-corrected chi connectivity index (χ1v) is 9.79. The molecule has 0 aliphatic rings. The van der Waals surface area contributed by atoms with Gasteiger partial charge in [-0.3, -0.25) is 15.0 Å². The highest BCUT2D eigenvalue weighted by atomic mass is 79.9. The Bertz CT molecular complexity index is 1010. The Morgan fingerprint density at radius 1 is 0.303 bits per heavy atom. The first kappa shape index (κ1) is 28.4. The molecule has 0 saturated carbocycles. The lowest BCUT2D eigenvalue weighted by Crippen LogP contribution is -1.73. The summed E-state index contributed by atoms with van der Waals surface area (Å²) in [7, 11) is 0. The largest absolute Gasteiger partial charge is 0.256 e. The fourth-order valence-electron chi connectivity index (χ4n) is 3.05. The maximum atomic E-state index is 4.18. The third-order valence-electron chi connectivity index (χ3n) is 4.54. The summed E-state index contributed by atoms with van der Waals surface area (Å²) in [6.45, 7) is 0. The number of hydrogen-bond acceptors (Lipinski definition) is 3. The molecule has 0 spiro atoms. The van der Waals surface area contributed by atoms with Gasteiger partial charge in [-0.15, -0.1) is 50.9 Å². The number of para-hydroxylation sites is 3. The number of fused-ring (bicyclic) bond motifs is 3. The molecule has 3 aromatic heterocycles. The van der Waals surface area contributed by atoms with E-state index in [-0.39, 0.29) is 50.9 Å². The summed E-state index contributed by atoms with van der Waals surface area (Å²) in [5, 5.41) is 3.60. The summed E-state index contributed by atoms with van der Waals surface area (Å²) in [6, 6.07) is 36.3. The smallest absolute Gasteiger partial charge is 0.0701 e. The quantitative estimate of drug-likeness (QED) is 0.169. The number of halogens is 3. The lowest BCUT2D eigenvalue weighted by Gasteiger charge is -1.91. The minimum atomic E-state index is 0. The Kier molecular flexibility index (Phi) is 13.1. The second kappa shape index (κ2) is 15.2. The maximum Gasteiger partial charge on any atom is 0.0701 e. The van der Waals surface area contributed by atoms with E-state index in [2.05, 4.69) is 51.4 Å². The van der Waals surface area contributed by atoms with Crippen molar-refractivity contribution in [2.75, 3.05) is 0 Å². The van der Waals surface area contributed by atoms with Crippen molar-refractivity contribution in [2.45, 2.75) is 0 Å². The van der Waals surface area contributed by atoms with E-state index in [9.17, 15) is 0 Å². The van der Waals surface area contributed by atoms with Crippen molar-refractivity contribution >= 4 is 83.7 Å². The highest BCUT2D eigenvalue weighted by Gasteiger charge is 1.88. The topological polar surface area (TPSA) is 38.7 Å². The second-order valence-electron chi connectivity index (χ2n) is 6.59. The summed E-state index contributed by atoms with van der Waals surface area (Å²) in [6.07, 6.45) is 5.42. The molecular formula is C27H24Br3N3. The van der Waals surface area contributed by atoms with Gasteiger partial charge < -0.3 is 0 Å². The molecule has 0 radical (unpaired) electrons. The Labute approximate surface area is 225 Å². The number of hydrogen-bond donors (Lipinski definition) is 0. The van der Waals surface area contributed by atoms with Crippen LogP contribution in [0.25, 0.3) is 32.7 Å². The Hall–Kier alpha value is -2.67. The zero-order chi connectivity index (χ0) is 20.4. The zero-order valence-corrected chi connectivity index (χ0v) is 22.8. The molecule has 6 rings (SSSR count). The minimum Gasteiger partial charge on any atom is -0.256 e. The average Bonchev–Trinajstić information content (AvgIpc) is 2.85. The van der Waals surface area contributed by atoms with Gasteiger partial charge in [0.05, 0.1) is 16.6 Å². The van der Waals surface area contributed by atoms with Crippen LogP contribution in [0.2, 0.25) is 0 Å². The van der Waals surface area contributed by atoms with Gasteiger partial charge in [-0.1, -0.05) is 72.8 Å². The van der Waals surface area contributed by atoms with Crippen molar-refractivity contribution in [2.24, 2.45) is 0 Å². The van der Waals surface area contributed by atoms with E-state index < -0.39 is 0 Å². The van der Waals surface area contributed by atoms with E-state index in [1.807, 2.05) is 91.4 Å². The van der Waals surface area contributed by atoms with Crippen LogP contribution in [0.3, 0.4) is 0 Å². The van der Waals surface area contributed by atoms with E-state index in [1.165, 1.54) is 16.2 Å². The molecule has 0 unspecified atom stereocenters. The first-order chi connectivity index (χ1) is 14.9. The summed E-state index contributed by atoms with van der Waals surface area (Å²) >= 11 is 0. The zero-order valence-electron chi connectivity index (χ0n) is 17.7. The predicted octanol–water partition coefficient (Wildman–Crippen LogP) is 8.44. The van der Waals surface area contributed by atoms with Crippen molar-refractivity contribution in [1.82, 2.24) is 15.0 Å². The number of aromatic nitrogens is 3. The van der Waals surface area contributed by atoms with Crippen molar-refractivity contribution in [3.63, 3.8) is 0 Å². The number of rotatable bonds is 0. The maximum absolute atomic E-state index is 4.18. The van der Waals surface area contributed by atoms with Gasteiger partial charge in [0.1, 0.15) is 0 Å². The van der Waals surface area contributed by atoms with E-state index >= 15 is 0 Å². The molecule has 0 N–H and O–H groups in total. The minimum absolute atomic E-state index is 0. The summed E-state index contributed by atoms with van der Waals surface area (Å²) < 4.78 is 0. The van der Waals surface area contributed by atoms with Crippen LogP contribution in [0.1, 0.15) is 0 Å². The van der Waals surface area contributed by atoms with Gasteiger partial charge in [0.25, 0.3) is 0 Å². The first-order valence-electron chi connectivity index (χ1n) is 9.79. The van der Waals surface area contributed by atoms with E-state index in [1.54, 1.807) is 0 Å². The molecule has 0 amide bonds. The van der Waals surface area contributed by atoms with Crippen LogP contribution >= 0.6 is 50.9 Å². The Balaban J connectivity index is 0.000000237. The molecule has 0 saturated heterocycles. The molecule has 6 aromatic rings. The van der Waals surface area contributed by atoms with Crippen LogP contribution in [0, 0.1) is 0 Å². The highest BCUT2D eigenvalue weighted by molar-refractivity contribution is 8.93. The average molecular weight is 630 g/mol. The SMILES string of the molecule is Br.Br.Br.c1ccc2ncccc2c1.c1ccc2ncccc2c1.c1ccc2ncccc2c1. The lowest BCUT2D eigenvalue weighted by molar-refractivity contribution is 1.41. The van der Waals surface area contributed by atoms with Crippen molar-refractivity contribution < 1.29 is 0 Å². The van der Waals surface area contributed by atoms with E-state index in [0.717, 1.165) is 16.6 Å². The fraction of sp³-hybridized carbons (Fsp3) is 0. The Morgan fingerprint density at radius 3 is 0.818 bits per heavy atom. The van der Waals surface area contributed by atoms with Gasteiger partial charge in [-0.05, 0) is 36.4 Å². The van der Waals surface area contributed by atoms with Crippen LogP contribution in [0.15, 0.2) is 128 Å². The van der Waals surface area contributed by atoms with Gasteiger partial charge in [0.15, 0.2) is 0 Å². The van der Waals surface area contributed by atoms with E-state index in [0.29, 0.717) is 0 Å². The van der Waals surface area contributed by atoms with Gasteiger partial charge in [-0.2, -0.15) is 0 Å². The Morgan fingerprint density at radius 2 is 0.545 bits per heavy atom. The summed E-state index contributed by atoms with van der Waals surface area (Å²) in [5.74, 6) is 0. The molecule has 33 heavy (non-hydrogen) atoms. The normalized spacial score (nSPS) is 9.09.